The van der Waals surface area contributed by atoms with Gasteiger partial charge in [0.15, 0.2) is 11.5 Å². The summed E-state index contributed by atoms with van der Waals surface area (Å²) in [6.45, 7) is 4.71. The Morgan fingerprint density at radius 1 is 1.07 bits per heavy atom. The third kappa shape index (κ3) is 4.39. The third-order valence-electron chi connectivity index (χ3n) is 4.64. The lowest BCUT2D eigenvalue weighted by molar-refractivity contribution is -0.137. The van der Waals surface area contributed by atoms with Gasteiger partial charge in [-0.15, -0.1) is 0 Å². The number of aliphatic carboxylic acids is 1. The lowest BCUT2D eigenvalue weighted by Gasteiger charge is -2.26. The van der Waals surface area contributed by atoms with Crippen LogP contribution >= 0.6 is 0 Å². The number of rotatable bonds is 6. The predicted molar refractivity (Wildman–Crippen MR) is 101 cm³/mol. The molecule has 1 heterocycles. The van der Waals surface area contributed by atoms with E-state index in [9.17, 15) is 9.59 Å². The summed E-state index contributed by atoms with van der Waals surface area (Å²) < 4.78 is 11.1. The van der Waals surface area contributed by atoms with Crippen molar-refractivity contribution in [1.29, 1.82) is 0 Å². The van der Waals surface area contributed by atoms with E-state index >= 15 is 0 Å². The topological polar surface area (TPSA) is 84.9 Å². The molecule has 0 bridgehead atoms. The predicted octanol–water partition coefficient (Wildman–Crippen LogP) is 3.39. The second-order valence-electron chi connectivity index (χ2n) is 7.03. The van der Waals surface area contributed by atoms with Crippen molar-refractivity contribution in [1.82, 2.24) is 0 Å². The molecular formula is C21H23NO5. The Bertz CT molecular complexity index is 859. The van der Waals surface area contributed by atoms with Gasteiger partial charge in [0.05, 0.1) is 5.41 Å². The number of amides is 1. The highest BCUT2D eigenvalue weighted by Crippen LogP contribution is 2.35. The smallest absolute Gasteiger partial charge is 0.303 e. The van der Waals surface area contributed by atoms with Crippen molar-refractivity contribution in [3.63, 3.8) is 0 Å². The lowest BCUT2D eigenvalue weighted by Crippen LogP contribution is -2.35. The van der Waals surface area contributed by atoms with Crippen LogP contribution in [0.1, 0.15) is 31.4 Å². The Hall–Kier alpha value is -3.02. The van der Waals surface area contributed by atoms with Crippen molar-refractivity contribution in [2.45, 2.75) is 32.1 Å². The van der Waals surface area contributed by atoms with Crippen LogP contribution in [0.5, 0.6) is 11.5 Å². The quantitative estimate of drug-likeness (QED) is 0.815. The van der Waals surface area contributed by atoms with Gasteiger partial charge in [0, 0.05) is 12.1 Å². The van der Waals surface area contributed by atoms with Crippen molar-refractivity contribution in [2.24, 2.45) is 0 Å². The molecule has 2 N–H and O–H groups in total. The fourth-order valence-corrected chi connectivity index (χ4v) is 2.91. The molecule has 1 amide bonds. The van der Waals surface area contributed by atoms with Crippen molar-refractivity contribution in [3.05, 3.63) is 53.6 Å². The number of fused-ring (bicyclic) bond motifs is 1. The first-order valence-corrected chi connectivity index (χ1v) is 8.88. The summed E-state index contributed by atoms with van der Waals surface area (Å²) in [7, 11) is 0. The van der Waals surface area contributed by atoms with Gasteiger partial charge in [0.2, 0.25) is 5.91 Å². The fraction of sp³-hybridized carbons (Fsp3) is 0.333. The SMILES string of the molecule is CC(C)(C(=O)Nc1cccc(CCC(=O)O)c1)c1ccc2c(c1)OCCO2. The standard InChI is InChI=1S/C21H23NO5/c1-21(2,15-7-8-17-18(13-15)27-11-10-26-17)20(25)22-16-5-3-4-14(12-16)6-9-19(23)24/h3-5,7-8,12-13H,6,9-11H2,1-2H3,(H,22,25)(H,23,24). The number of hydrogen-bond donors (Lipinski definition) is 2. The Balaban J connectivity index is 1.75. The van der Waals surface area contributed by atoms with E-state index in [0.717, 1.165) is 11.1 Å². The lowest BCUT2D eigenvalue weighted by atomic mass is 9.83. The molecular weight excluding hydrogens is 346 g/mol. The van der Waals surface area contributed by atoms with E-state index in [2.05, 4.69) is 5.32 Å². The van der Waals surface area contributed by atoms with E-state index in [4.69, 9.17) is 14.6 Å². The first-order valence-electron chi connectivity index (χ1n) is 8.88. The summed E-state index contributed by atoms with van der Waals surface area (Å²) >= 11 is 0. The third-order valence-corrected chi connectivity index (χ3v) is 4.64. The van der Waals surface area contributed by atoms with Crippen LogP contribution in [0.4, 0.5) is 5.69 Å². The van der Waals surface area contributed by atoms with Crippen LogP contribution in [0.25, 0.3) is 0 Å². The second kappa shape index (κ2) is 7.70. The van der Waals surface area contributed by atoms with E-state index in [-0.39, 0.29) is 12.3 Å². The van der Waals surface area contributed by atoms with Gasteiger partial charge in [-0.25, -0.2) is 0 Å². The first-order chi connectivity index (χ1) is 12.9. The molecule has 142 valence electrons. The van der Waals surface area contributed by atoms with E-state index in [0.29, 0.717) is 36.8 Å². The summed E-state index contributed by atoms with van der Waals surface area (Å²) in [5.41, 5.74) is 1.56. The van der Waals surface area contributed by atoms with Crippen LogP contribution < -0.4 is 14.8 Å². The molecule has 0 spiro atoms. The highest BCUT2D eigenvalue weighted by molar-refractivity contribution is 5.98. The van der Waals surface area contributed by atoms with Gasteiger partial charge < -0.3 is 19.9 Å². The van der Waals surface area contributed by atoms with E-state index in [1.54, 1.807) is 12.1 Å². The molecule has 0 saturated heterocycles. The number of carbonyl (C=O) groups excluding carboxylic acids is 1. The highest BCUT2D eigenvalue weighted by Gasteiger charge is 2.31. The maximum Gasteiger partial charge on any atom is 0.303 e. The minimum absolute atomic E-state index is 0.0556. The summed E-state index contributed by atoms with van der Waals surface area (Å²) in [6.07, 6.45) is 0.477. The van der Waals surface area contributed by atoms with Crippen molar-refractivity contribution >= 4 is 17.6 Å². The number of carboxylic acids is 1. The number of nitrogens with one attached hydrogen (secondary N) is 1. The second-order valence-corrected chi connectivity index (χ2v) is 7.03. The number of hydrogen-bond acceptors (Lipinski definition) is 4. The number of carboxylic acid groups (broad SMARTS) is 1. The highest BCUT2D eigenvalue weighted by atomic mass is 16.6. The van der Waals surface area contributed by atoms with Gasteiger partial charge in [-0.05, 0) is 55.7 Å². The summed E-state index contributed by atoms with van der Waals surface area (Å²) in [6, 6.07) is 12.8. The van der Waals surface area contributed by atoms with Gasteiger partial charge in [-0.2, -0.15) is 0 Å². The molecule has 2 aromatic carbocycles. The molecule has 0 unspecified atom stereocenters. The maximum atomic E-state index is 12.9. The van der Waals surface area contributed by atoms with Crippen LogP contribution in [-0.2, 0) is 21.4 Å². The Kier molecular flexibility index (Phi) is 5.35. The molecule has 0 saturated carbocycles. The van der Waals surface area contributed by atoms with Crippen LogP contribution in [-0.4, -0.2) is 30.2 Å². The molecule has 27 heavy (non-hydrogen) atoms. The number of carbonyl (C=O) groups is 2. The number of aryl methyl sites for hydroxylation is 1. The van der Waals surface area contributed by atoms with Crippen LogP contribution in [0, 0.1) is 0 Å². The number of benzene rings is 2. The normalized spacial score (nSPS) is 13.1. The molecule has 6 heteroatoms. The number of ether oxygens (including phenoxy) is 2. The van der Waals surface area contributed by atoms with Gasteiger partial charge in [0.25, 0.3) is 0 Å². The van der Waals surface area contributed by atoms with Crippen LogP contribution in [0.2, 0.25) is 0 Å². The Labute approximate surface area is 158 Å². The average molecular weight is 369 g/mol. The molecule has 6 nitrogen and oxygen atoms in total. The van der Waals surface area contributed by atoms with E-state index < -0.39 is 11.4 Å². The van der Waals surface area contributed by atoms with Gasteiger partial charge in [-0.3, -0.25) is 9.59 Å². The summed E-state index contributed by atoms with van der Waals surface area (Å²) in [4.78, 5) is 23.6. The van der Waals surface area contributed by atoms with Gasteiger partial charge in [-0.1, -0.05) is 18.2 Å². The molecule has 3 rings (SSSR count). The summed E-state index contributed by atoms with van der Waals surface area (Å²) in [5, 5.41) is 11.7. The maximum absolute atomic E-state index is 12.9. The van der Waals surface area contributed by atoms with E-state index in [1.165, 1.54) is 0 Å². The molecule has 0 aliphatic carbocycles. The Morgan fingerprint density at radius 3 is 2.56 bits per heavy atom. The molecule has 0 aromatic heterocycles. The van der Waals surface area contributed by atoms with Crippen molar-refractivity contribution in [3.8, 4) is 11.5 Å². The van der Waals surface area contributed by atoms with Crippen molar-refractivity contribution < 1.29 is 24.2 Å². The number of anilines is 1. The van der Waals surface area contributed by atoms with Crippen molar-refractivity contribution in [2.75, 3.05) is 18.5 Å². The Morgan fingerprint density at radius 2 is 1.81 bits per heavy atom. The molecule has 1 aliphatic rings. The zero-order chi connectivity index (χ0) is 19.4. The zero-order valence-corrected chi connectivity index (χ0v) is 15.5. The molecule has 2 aromatic rings. The largest absolute Gasteiger partial charge is 0.486 e. The summed E-state index contributed by atoms with van der Waals surface area (Å²) in [5.74, 6) is 0.335. The van der Waals surface area contributed by atoms with Crippen LogP contribution in [0.3, 0.4) is 0 Å². The minimum atomic E-state index is -0.843. The molecule has 0 fully saturated rings. The molecule has 1 aliphatic heterocycles. The zero-order valence-electron chi connectivity index (χ0n) is 15.5. The fourth-order valence-electron chi connectivity index (χ4n) is 2.91. The van der Waals surface area contributed by atoms with E-state index in [1.807, 2.05) is 44.2 Å². The first kappa shape index (κ1) is 18.8. The van der Waals surface area contributed by atoms with Gasteiger partial charge in [0.1, 0.15) is 13.2 Å². The monoisotopic (exact) mass is 369 g/mol. The minimum Gasteiger partial charge on any atom is -0.486 e. The van der Waals surface area contributed by atoms with Gasteiger partial charge >= 0.3 is 5.97 Å². The molecule has 0 atom stereocenters. The average Bonchev–Trinajstić information content (AvgIpc) is 2.66. The molecule has 0 radical (unpaired) electrons. The van der Waals surface area contributed by atoms with Crippen LogP contribution in [0.15, 0.2) is 42.5 Å².